The molecule has 64 valence electrons. The quantitative estimate of drug-likeness (QED) is 0.552. The molecular formula is C11H13F. The summed E-state index contributed by atoms with van der Waals surface area (Å²) in [6, 6.07) is 5.43. The molecule has 1 unspecified atom stereocenters. The van der Waals surface area contributed by atoms with Crippen LogP contribution < -0.4 is 0 Å². The molecule has 1 atom stereocenters. The van der Waals surface area contributed by atoms with Gasteiger partial charge in [0.2, 0.25) is 0 Å². The van der Waals surface area contributed by atoms with Crippen molar-refractivity contribution in [3.05, 3.63) is 35.1 Å². The lowest BCUT2D eigenvalue weighted by atomic mass is 9.84. The zero-order valence-corrected chi connectivity index (χ0v) is 7.31. The van der Waals surface area contributed by atoms with Crippen LogP contribution in [0.15, 0.2) is 18.2 Å². The molecule has 0 spiro atoms. The molecule has 0 saturated heterocycles. The minimum Gasteiger partial charge on any atom is -0.207 e. The van der Waals surface area contributed by atoms with Gasteiger partial charge in [0.15, 0.2) is 0 Å². The lowest BCUT2D eigenvalue weighted by Crippen LogP contribution is -2.08. The molecule has 0 fully saturated rings. The van der Waals surface area contributed by atoms with Crippen LogP contribution in [-0.4, -0.2) is 0 Å². The fourth-order valence-electron chi connectivity index (χ4n) is 2.09. The Morgan fingerprint density at radius 3 is 3.00 bits per heavy atom. The van der Waals surface area contributed by atoms with Gasteiger partial charge in [0.25, 0.3) is 0 Å². The highest BCUT2D eigenvalue weighted by molar-refractivity contribution is 5.33. The molecule has 0 amide bonds. The molecule has 0 heterocycles. The summed E-state index contributed by atoms with van der Waals surface area (Å²) >= 11 is 0. The predicted molar refractivity (Wildman–Crippen MR) is 47.8 cm³/mol. The highest BCUT2D eigenvalue weighted by Gasteiger charge is 2.19. The molecule has 0 radical (unpaired) electrons. The van der Waals surface area contributed by atoms with Crippen LogP contribution in [0.1, 0.15) is 36.8 Å². The van der Waals surface area contributed by atoms with Gasteiger partial charge in [0.05, 0.1) is 0 Å². The van der Waals surface area contributed by atoms with Gasteiger partial charge in [0, 0.05) is 0 Å². The maximum atomic E-state index is 13.3. The van der Waals surface area contributed by atoms with Gasteiger partial charge in [-0.05, 0) is 42.4 Å². The molecule has 0 aromatic heterocycles. The van der Waals surface area contributed by atoms with E-state index < -0.39 is 0 Å². The molecule has 0 aliphatic heterocycles. The first-order valence-corrected chi connectivity index (χ1v) is 4.56. The summed E-state index contributed by atoms with van der Waals surface area (Å²) in [5.74, 6) is 0.398. The summed E-state index contributed by atoms with van der Waals surface area (Å²) in [6.45, 7) is 2.11. The number of fused-ring (bicyclic) bond motifs is 1. The highest BCUT2D eigenvalue weighted by atomic mass is 19.1. The van der Waals surface area contributed by atoms with Crippen LogP contribution in [0.2, 0.25) is 0 Å². The minimum atomic E-state index is -0.0142. The number of benzene rings is 1. The Kier molecular flexibility index (Phi) is 1.87. The molecule has 0 N–H and O–H groups in total. The maximum Gasteiger partial charge on any atom is 0.126 e. The van der Waals surface area contributed by atoms with Crippen molar-refractivity contribution >= 4 is 0 Å². The Morgan fingerprint density at radius 2 is 2.25 bits per heavy atom. The van der Waals surface area contributed by atoms with Gasteiger partial charge in [-0.2, -0.15) is 0 Å². The Morgan fingerprint density at radius 1 is 1.42 bits per heavy atom. The molecule has 1 heteroatoms. The second-order valence-electron chi connectivity index (χ2n) is 3.61. The molecule has 0 saturated carbocycles. The average molecular weight is 164 g/mol. The van der Waals surface area contributed by atoms with E-state index in [-0.39, 0.29) is 5.82 Å². The molecule has 0 bridgehead atoms. The van der Waals surface area contributed by atoms with Gasteiger partial charge in [-0.1, -0.05) is 19.1 Å². The minimum absolute atomic E-state index is 0.0142. The fourth-order valence-corrected chi connectivity index (χ4v) is 2.09. The van der Waals surface area contributed by atoms with Crippen molar-refractivity contribution in [2.24, 2.45) is 0 Å². The number of aryl methyl sites for hydroxylation is 1. The van der Waals surface area contributed by atoms with E-state index in [9.17, 15) is 4.39 Å². The van der Waals surface area contributed by atoms with Crippen LogP contribution in [0, 0.1) is 5.82 Å². The zero-order chi connectivity index (χ0) is 8.55. The van der Waals surface area contributed by atoms with E-state index in [2.05, 4.69) is 6.92 Å². The summed E-state index contributed by atoms with van der Waals surface area (Å²) < 4.78 is 13.3. The third kappa shape index (κ3) is 1.13. The second kappa shape index (κ2) is 2.89. The van der Waals surface area contributed by atoms with E-state index in [1.54, 1.807) is 6.07 Å². The summed E-state index contributed by atoms with van der Waals surface area (Å²) in [4.78, 5) is 0. The molecule has 1 aromatic rings. The van der Waals surface area contributed by atoms with E-state index in [0.717, 1.165) is 18.4 Å². The average Bonchev–Trinajstić information content (AvgIpc) is 2.04. The number of hydrogen-bond acceptors (Lipinski definition) is 0. The van der Waals surface area contributed by atoms with Gasteiger partial charge in [-0.15, -0.1) is 0 Å². The zero-order valence-electron chi connectivity index (χ0n) is 7.31. The predicted octanol–water partition coefficient (Wildman–Crippen LogP) is 3.27. The highest BCUT2D eigenvalue weighted by Crippen LogP contribution is 2.32. The van der Waals surface area contributed by atoms with Gasteiger partial charge >= 0.3 is 0 Å². The summed E-state index contributed by atoms with van der Waals surface area (Å²) in [5, 5.41) is 0. The Labute approximate surface area is 72.4 Å². The fraction of sp³-hybridized carbons (Fsp3) is 0.455. The van der Waals surface area contributed by atoms with E-state index in [0.29, 0.717) is 5.92 Å². The van der Waals surface area contributed by atoms with Crippen molar-refractivity contribution in [2.75, 3.05) is 0 Å². The first-order chi connectivity index (χ1) is 5.79. The second-order valence-corrected chi connectivity index (χ2v) is 3.61. The summed E-state index contributed by atoms with van der Waals surface area (Å²) in [6.07, 6.45) is 3.39. The van der Waals surface area contributed by atoms with Gasteiger partial charge in [0.1, 0.15) is 5.82 Å². The van der Waals surface area contributed by atoms with Crippen molar-refractivity contribution in [1.82, 2.24) is 0 Å². The molecular weight excluding hydrogens is 151 g/mol. The molecule has 1 aliphatic rings. The number of hydrogen-bond donors (Lipinski definition) is 0. The first-order valence-electron chi connectivity index (χ1n) is 4.56. The van der Waals surface area contributed by atoms with Crippen LogP contribution in [0.25, 0.3) is 0 Å². The number of halogens is 1. The van der Waals surface area contributed by atoms with Crippen molar-refractivity contribution in [3.63, 3.8) is 0 Å². The molecule has 0 nitrogen and oxygen atoms in total. The Balaban J connectivity index is 2.53. The monoisotopic (exact) mass is 164 g/mol. The number of rotatable bonds is 0. The van der Waals surface area contributed by atoms with Crippen LogP contribution in [-0.2, 0) is 6.42 Å². The van der Waals surface area contributed by atoms with Crippen molar-refractivity contribution in [3.8, 4) is 0 Å². The molecule has 1 aliphatic carbocycles. The summed E-state index contributed by atoms with van der Waals surface area (Å²) in [7, 11) is 0. The Hall–Kier alpha value is -0.850. The van der Waals surface area contributed by atoms with E-state index in [1.807, 2.05) is 12.1 Å². The standard InChI is InChI=1S/C11H13F/c1-8-4-2-5-9-6-3-7-10(12)11(8)9/h3,6-8H,2,4-5H2,1H3. The van der Waals surface area contributed by atoms with Crippen molar-refractivity contribution < 1.29 is 4.39 Å². The van der Waals surface area contributed by atoms with E-state index in [1.165, 1.54) is 12.0 Å². The molecule has 1 aromatic carbocycles. The van der Waals surface area contributed by atoms with Crippen LogP contribution >= 0.6 is 0 Å². The van der Waals surface area contributed by atoms with Crippen LogP contribution in [0.5, 0.6) is 0 Å². The summed E-state index contributed by atoms with van der Waals surface area (Å²) in [5.41, 5.74) is 2.18. The van der Waals surface area contributed by atoms with Gasteiger partial charge in [-0.25, -0.2) is 4.39 Å². The van der Waals surface area contributed by atoms with E-state index in [4.69, 9.17) is 0 Å². The smallest absolute Gasteiger partial charge is 0.126 e. The first kappa shape index (κ1) is 7.78. The third-order valence-corrected chi connectivity index (χ3v) is 2.72. The van der Waals surface area contributed by atoms with Crippen molar-refractivity contribution in [2.45, 2.75) is 32.1 Å². The lowest BCUT2D eigenvalue weighted by Gasteiger charge is -2.22. The topological polar surface area (TPSA) is 0 Å². The van der Waals surface area contributed by atoms with E-state index >= 15 is 0 Å². The van der Waals surface area contributed by atoms with Gasteiger partial charge in [-0.3, -0.25) is 0 Å². The van der Waals surface area contributed by atoms with Crippen LogP contribution in [0.4, 0.5) is 4.39 Å². The largest absolute Gasteiger partial charge is 0.207 e. The molecule has 2 rings (SSSR count). The third-order valence-electron chi connectivity index (χ3n) is 2.72. The SMILES string of the molecule is CC1CCCc2cccc(F)c21. The van der Waals surface area contributed by atoms with Gasteiger partial charge < -0.3 is 0 Å². The maximum absolute atomic E-state index is 13.3. The lowest BCUT2D eigenvalue weighted by molar-refractivity contribution is 0.531. The Bertz CT molecular complexity index is 291. The van der Waals surface area contributed by atoms with Crippen LogP contribution in [0.3, 0.4) is 0 Å². The van der Waals surface area contributed by atoms with Crippen molar-refractivity contribution in [1.29, 1.82) is 0 Å². The normalized spacial score (nSPS) is 22.0. The molecule has 12 heavy (non-hydrogen) atoms.